The zero-order valence-corrected chi connectivity index (χ0v) is 10.8. The number of nitrogens with two attached hydrogens (primary N) is 1. The van der Waals surface area contributed by atoms with Gasteiger partial charge < -0.3 is 10.5 Å². The van der Waals surface area contributed by atoms with E-state index in [0.29, 0.717) is 22.2 Å². The Morgan fingerprint density at radius 2 is 2.16 bits per heavy atom. The summed E-state index contributed by atoms with van der Waals surface area (Å²) in [6.07, 6.45) is 1.75. The lowest BCUT2D eigenvalue weighted by Crippen LogP contribution is -2.15. The lowest BCUT2D eigenvalue weighted by molar-refractivity contribution is -0.144. The van der Waals surface area contributed by atoms with Gasteiger partial charge in [-0.1, -0.05) is 19.1 Å². The van der Waals surface area contributed by atoms with Crippen molar-refractivity contribution < 1.29 is 13.9 Å². The molecule has 1 aromatic heterocycles. The first kappa shape index (κ1) is 13.3. The summed E-state index contributed by atoms with van der Waals surface area (Å²) in [5, 5.41) is 0.997. The number of pyridine rings is 1. The van der Waals surface area contributed by atoms with E-state index in [0.717, 1.165) is 0 Å². The fraction of sp³-hybridized carbons (Fsp3) is 0.286. The summed E-state index contributed by atoms with van der Waals surface area (Å²) in [7, 11) is 1.32. The van der Waals surface area contributed by atoms with Crippen molar-refractivity contribution in [2.24, 2.45) is 5.92 Å². The lowest BCUT2D eigenvalue weighted by atomic mass is 9.98. The lowest BCUT2D eigenvalue weighted by Gasteiger charge is -2.11. The minimum Gasteiger partial charge on any atom is -0.469 e. The number of hydrogen-bond donors (Lipinski definition) is 1. The molecule has 0 aliphatic heterocycles. The van der Waals surface area contributed by atoms with E-state index in [1.165, 1.54) is 13.3 Å². The van der Waals surface area contributed by atoms with Crippen molar-refractivity contribution in [3.05, 3.63) is 35.8 Å². The SMILES string of the molecule is COC(=O)[C@H](C)Cc1ccc2c(N)nccc2c1F. The number of benzene rings is 1. The molecule has 1 atom stereocenters. The minimum absolute atomic E-state index is 0.288. The molecule has 0 unspecified atom stereocenters. The van der Waals surface area contributed by atoms with Crippen LogP contribution in [0, 0.1) is 11.7 Å². The highest BCUT2D eigenvalue weighted by Gasteiger charge is 2.17. The molecule has 2 aromatic rings. The normalized spacial score (nSPS) is 12.4. The predicted octanol–water partition coefficient (Wildman–Crippen LogP) is 2.31. The van der Waals surface area contributed by atoms with Gasteiger partial charge in [-0.3, -0.25) is 4.79 Å². The quantitative estimate of drug-likeness (QED) is 0.862. The third-order valence-corrected chi connectivity index (χ3v) is 3.12. The Hall–Kier alpha value is -2.17. The molecule has 5 heteroatoms. The Labute approximate surface area is 110 Å². The number of esters is 1. The van der Waals surface area contributed by atoms with Crippen LogP contribution in [0.25, 0.3) is 10.8 Å². The first-order chi connectivity index (χ1) is 9.04. The highest BCUT2D eigenvalue weighted by molar-refractivity contribution is 5.91. The maximum Gasteiger partial charge on any atom is 0.308 e. The van der Waals surface area contributed by atoms with Crippen LogP contribution in [-0.4, -0.2) is 18.1 Å². The number of hydrogen-bond acceptors (Lipinski definition) is 4. The molecule has 0 radical (unpaired) electrons. The van der Waals surface area contributed by atoms with Gasteiger partial charge in [-0.2, -0.15) is 0 Å². The predicted molar refractivity (Wildman–Crippen MR) is 71.0 cm³/mol. The third-order valence-electron chi connectivity index (χ3n) is 3.12. The van der Waals surface area contributed by atoms with Crippen molar-refractivity contribution in [2.75, 3.05) is 12.8 Å². The van der Waals surface area contributed by atoms with E-state index in [1.807, 2.05) is 0 Å². The van der Waals surface area contributed by atoms with Crippen molar-refractivity contribution in [1.29, 1.82) is 0 Å². The standard InChI is InChI=1S/C14H15FN2O2/c1-8(14(18)19-2)7-9-3-4-11-10(12(9)15)5-6-17-13(11)16/h3-6,8H,7H2,1-2H3,(H2,16,17)/t8-/m1/s1. The average molecular weight is 262 g/mol. The zero-order valence-electron chi connectivity index (χ0n) is 10.8. The maximum atomic E-state index is 14.3. The van der Waals surface area contributed by atoms with E-state index in [4.69, 9.17) is 5.73 Å². The summed E-state index contributed by atoms with van der Waals surface area (Å²) < 4.78 is 19.0. The van der Waals surface area contributed by atoms with Gasteiger partial charge in [-0.15, -0.1) is 0 Å². The smallest absolute Gasteiger partial charge is 0.308 e. The molecule has 1 heterocycles. The third kappa shape index (κ3) is 2.50. The number of carbonyl (C=O) groups is 1. The largest absolute Gasteiger partial charge is 0.469 e. The molecule has 4 nitrogen and oxygen atoms in total. The molecule has 0 aliphatic carbocycles. The van der Waals surface area contributed by atoms with E-state index < -0.39 is 5.92 Å². The van der Waals surface area contributed by atoms with Crippen LogP contribution in [0.5, 0.6) is 0 Å². The molecule has 0 aliphatic rings. The molecule has 19 heavy (non-hydrogen) atoms. The van der Waals surface area contributed by atoms with Gasteiger partial charge in [0.25, 0.3) is 0 Å². The van der Waals surface area contributed by atoms with E-state index in [9.17, 15) is 9.18 Å². The molecule has 2 rings (SSSR count). The Morgan fingerprint density at radius 1 is 1.42 bits per heavy atom. The Morgan fingerprint density at radius 3 is 2.84 bits per heavy atom. The number of nitrogens with zero attached hydrogens (tertiary/aromatic N) is 1. The fourth-order valence-corrected chi connectivity index (χ4v) is 2.06. The van der Waals surface area contributed by atoms with Crippen molar-refractivity contribution in [3.63, 3.8) is 0 Å². The van der Waals surface area contributed by atoms with Crippen molar-refractivity contribution in [3.8, 4) is 0 Å². The van der Waals surface area contributed by atoms with Crippen LogP contribution in [0.15, 0.2) is 24.4 Å². The van der Waals surface area contributed by atoms with Gasteiger partial charge in [0.15, 0.2) is 0 Å². The van der Waals surface area contributed by atoms with Gasteiger partial charge in [0.1, 0.15) is 11.6 Å². The maximum absolute atomic E-state index is 14.3. The van der Waals surface area contributed by atoms with E-state index in [1.54, 1.807) is 25.1 Å². The number of aromatic nitrogens is 1. The number of methoxy groups -OCH3 is 1. The molecule has 0 bridgehead atoms. The molecule has 1 aromatic carbocycles. The molecule has 2 N–H and O–H groups in total. The van der Waals surface area contributed by atoms with Crippen LogP contribution < -0.4 is 5.73 Å². The summed E-state index contributed by atoms with van der Waals surface area (Å²) >= 11 is 0. The van der Waals surface area contributed by atoms with Crippen LogP contribution in [0.3, 0.4) is 0 Å². The number of nitrogen functional groups attached to an aromatic ring is 1. The topological polar surface area (TPSA) is 65.2 Å². The van der Waals surface area contributed by atoms with Crippen LogP contribution in [0.1, 0.15) is 12.5 Å². The Balaban J connectivity index is 2.41. The molecule has 0 saturated heterocycles. The highest BCUT2D eigenvalue weighted by Crippen LogP contribution is 2.25. The van der Waals surface area contributed by atoms with Gasteiger partial charge in [0, 0.05) is 17.0 Å². The molecule has 0 saturated carbocycles. The number of fused-ring (bicyclic) bond motifs is 1. The van der Waals surface area contributed by atoms with Crippen LogP contribution in [-0.2, 0) is 16.0 Å². The second kappa shape index (κ2) is 5.22. The summed E-state index contributed by atoms with van der Waals surface area (Å²) in [5.41, 5.74) is 6.16. The molecule has 100 valence electrons. The zero-order chi connectivity index (χ0) is 14.0. The second-order valence-corrected chi connectivity index (χ2v) is 4.46. The minimum atomic E-state index is -0.392. The fourth-order valence-electron chi connectivity index (χ4n) is 2.06. The number of rotatable bonds is 3. The molecular weight excluding hydrogens is 247 g/mol. The first-order valence-corrected chi connectivity index (χ1v) is 5.94. The van der Waals surface area contributed by atoms with Gasteiger partial charge >= 0.3 is 5.97 Å². The second-order valence-electron chi connectivity index (χ2n) is 4.46. The first-order valence-electron chi connectivity index (χ1n) is 5.94. The number of halogens is 1. The highest BCUT2D eigenvalue weighted by atomic mass is 19.1. The van der Waals surface area contributed by atoms with Gasteiger partial charge in [0.2, 0.25) is 0 Å². The number of anilines is 1. The van der Waals surface area contributed by atoms with Gasteiger partial charge in [0.05, 0.1) is 13.0 Å². The average Bonchev–Trinajstić information content (AvgIpc) is 2.41. The Bertz CT molecular complexity index is 628. The van der Waals surface area contributed by atoms with E-state index >= 15 is 0 Å². The van der Waals surface area contributed by atoms with E-state index in [2.05, 4.69) is 9.72 Å². The Kier molecular flexibility index (Phi) is 3.64. The van der Waals surface area contributed by atoms with E-state index in [-0.39, 0.29) is 18.2 Å². The number of ether oxygens (including phenoxy) is 1. The monoisotopic (exact) mass is 262 g/mol. The summed E-state index contributed by atoms with van der Waals surface area (Å²) in [5.74, 6) is -0.809. The van der Waals surface area contributed by atoms with Crippen LogP contribution in [0.4, 0.5) is 10.2 Å². The van der Waals surface area contributed by atoms with Crippen molar-refractivity contribution >= 4 is 22.6 Å². The molecule has 0 fully saturated rings. The van der Waals surface area contributed by atoms with Crippen LogP contribution >= 0.6 is 0 Å². The summed E-state index contributed by atoms with van der Waals surface area (Å²) in [6.45, 7) is 1.70. The molecule has 0 amide bonds. The molecule has 0 spiro atoms. The van der Waals surface area contributed by atoms with Gasteiger partial charge in [-0.05, 0) is 18.1 Å². The van der Waals surface area contributed by atoms with Crippen molar-refractivity contribution in [2.45, 2.75) is 13.3 Å². The van der Waals surface area contributed by atoms with Crippen LogP contribution in [0.2, 0.25) is 0 Å². The summed E-state index contributed by atoms with van der Waals surface area (Å²) in [4.78, 5) is 15.3. The van der Waals surface area contributed by atoms with Gasteiger partial charge in [-0.25, -0.2) is 9.37 Å². The molecular formula is C14H15FN2O2. The number of carbonyl (C=O) groups excluding carboxylic acids is 1. The van der Waals surface area contributed by atoms with Crippen molar-refractivity contribution in [1.82, 2.24) is 4.98 Å². The summed E-state index contributed by atoms with van der Waals surface area (Å²) in [6, 6.07) is 4.93.